The summed E-state index contributed by atoms with van der Waals surface area (Å²) in [4.78, 5) is 9.83. The van der Waals surface area contributed by atoms with Crippen LogP contribution in [0.2, 0.25) is 0 Å². The molecule has 0 saturated heterocycles. The van der Waals surface area contributed by atoms with Gasteiger partial charge in [0.25, 0.3) is 0 Å². The molecule has 0 fully saturated rings. The number of carboxylic acid groups (broad SMARTS) is 1. The van der Waals surface area contributed by atoms with E-state index < -0.39 is 5.97 Å². The molecule has 1 N–H and O–H groups in total. The molecule has 0 aromatic carbocycles. The summed E-state index contributed by atoms with van der Waals surface area (Å²) in [5, 5.41) is 8.08. The first-order chi connectivity index (χ1) is 3.18. The van der Waals surface area contributed by atoms with Crippen molar-refractivity contribution >= 4 is 5.97 Å². The maximum absolute atomic E-state index is 9.83. The van der Waals surface area contributed by atoms with Gasteiger partial charge in [0.15, 0.2) is 0 Å². The fourth-order valence-corrected chi connectivity index (χ4v) is 0.151. The van der Waals surface area contributed by atoms with Crippen LogP contribution in [0.3, 0.4) is 0 Å². The van der Waals surface area contributed by atoms with Crippen LogP contribution in [0.4, 0.5) is 0 Å². The Hall–Kier alpha value is -0.193. The minimum absolute atomic E-state index is 0. The van der Waals surface area contributed by atoms with Crippen molar-refractivity contribution in [1.82, 2.24) is 0 Å². The fourth-order valence-electron chi connectivity index (χ4n) is 0.151. The van der Waals surface area contributed by atoms with Crippen LogP contribution >= 0.6 is 0 Å². The van der Waals surface area contributed by atoms with E-state index in [-0.39, 0.29) is 25.9 Å². The van der Waals surface area contributed by atoms with Crippen LogP contribution in [0.1, 0.15) is 14.8 Å². The van der Waals surface area contributed by atoms with Gasteiger partial charge in [0.2, 0.25) is 0 Å². The summed E-state index contributed by atoms with van der Waals surface area (Å²) in [6.07, 6.45) is 0.523. The van der Waals surface area contributed by atoms with Crippen LogP contribution in [0, 0.1) is 0 Å². The summed E-state index contributed by atoms with van der Waals surface area (Å²) in [6, 6.07) is 0. The minimum Gasteiger partial charge on any atom is -1.00 e. The molecule has 8 heavy (non-hydrogen) atoms. The molecule has 0 saturated carbocycles. The van der Waals surface area contributed by atoms with Gasteiger partial charge in [-0.25, -0.2) is 4.79 Å². The molecule has 0 radical (unpaired) electrons. The number of hydrogen-bond donors (Lipinski definition) is 1. The fraction of sp³-hybridized carbons (Fsp3) is 0.400. The number of rotatable bonds is 2. The van der Waals surface area contributed by atoms with Crippen LogP contribution in [-0.2, 0) is 4.79 Å². The molecule has 0 aromatic rings. The second-order valence-electron chi connectivity index (χ2n) is 1.26. The molecule has 0 unspecified atom stereocenters. The average Bonchev–Trinajstić information content (AvgIpc) is 1.65. The standard InChI is InChI=1S/C5H8O2.Li.H/c1-3-4(2)5(6)7;;/h2-3H2,1H3,(H,6,7);;/q;+1;-1. The SMILES string of the molecule is C=C(CC)C(=O)O.[H-].[Li+]. The first-order valence-corrected chi connectivity index (χ1v) is 2.09. The van der Waals surface area contributed by atoms with Crippen molar-refractivity contribution < 1.29 is 30.2 Å². The Kier molecular flexibility index (Phi) is 6.64. The van der Waals surface area contributed by atoms with E-state index in [1.54, 1.807) is 6.92 Å². The molecule has 0 aliphatic rings. The first-order valence-electron chi connectivity index (χ1n) is 2.09. The summed E-state index contributed by atoms with van der Waals surface area (Å²) in [6.45, 7) is 5.03. The van der Waals surface area contributed by atoms with Gasteiger partial charge < -0.3 is 6.53 Å². The van der Waals surface area contributed by atoms with Gasteiger partial charge >= 0.3 is 24.8 Å². The zero-order valence-corrected chi connectivity index (χ0v) is 5.27. The van der Waals surface area contributed by atoms with E-state index in [1.807, 2.05) is 0 Å². The Morgan fingerprint density at radius 2 is 2.25 bits per heavy atom. The van der Waals surface area contributed by atoms with Crippen molar-refractivity contribution in [2.45, 2.75) is 13.3 Å². The molecule has 0 spiro atoms. The summed E-state index contributed by atoms with van der Waals surface area (Å²) in [7, 11) is 0. The molecule has 42 valence electrons. The van der Waals surface area contributed by atoms with Crippen molar-refractivity contribution in [3.63, 3.8) is 0 Å². The van der Waals surface area contributed by atoms with Gasteiger partial charge in [-0.1, -0.05) is 13.5 Å². The number of aliphatic carboxylic acids is 1. The van der Waals surface area contributed by atoms with E-state index in [0.29, 0.717) is 6.42 Å². The largest absolute Gasteiger partial charge is 1.00 e. The van der Waals surface area contributed by atoms with Crippen molar-refractivity contribution in [2.24, 2.45) is 0 Å². The average molecular weight is 108 g/mol. The maximum atomic E-state index is 9.83. The smallest absolute Gasteiger partial charge is 1.00 e. The third-order valence-corrected chi connectivity index (χ3v) is 0.729. The number of carbonyl (C=O) groups is 1. The van der Waals surface area contributed by atoms with E-state index in [2.05, 4.69) is 6.58 Å². The zero-order valence-electron chi connectivity index (χ0n) is 6.27. The first kappa shape index (κ1) is 10.7. The van der Waals surface area contributed by atoms with Gasteiger partial charge in [0.1, 0.15) is 0 Å². The molecule has 0 aromatic heterocycles. The van der Waals surface area contributed by atoms with Crippen molar-refractivity contribution in [3.05, 3.63) is 12.2 Å². The quantitative estimate of drug-likeness (QED) is 0.333. The summed E-state index contributed by atoms with van der Waals surface area (Å²) >= 11 is 0. The Balaban J connectivity index is -0.000000180. The summed E-state index contributed by atoms with van der Waals surface area (Å²) < 4.78 is 0. The van der Waals surface area contributed by atoms with Crippen LogP contribution in [0.15, 0.2) is 12.2 Å². The molecule has 3 heteroatoms. The summed E-state index contributed by atoms with van der Waals surface area (Å²) in [5.74, 6) is -0.900. The normalized spacial score (nSPS) is 7.12. The van der Waals surface area contributed by atoms with Gasteiger partial charge in [-0.2, -0.15) is 0 Å². The number of hydrogen-bond acceptors (Lipinski definition) is 1. The van der Waals surface area contributed by atoms with Crippen LogP contribution in [0.25, 0.3) is 0 Å². The molecule has 0 atom stereocenters. The van der Waals surface area contributed by atoms with Crippen molar-refractivity contribution in [2.75, 3.05) is 0 Å². The van der Waals surface area contributed by atoms with Gasteiger partial charge in [0, 0.05) is 5.57 Å². The Labute approximate surface area is 62.2 Å². The van der Waals surface area contributed by atoms with Crippen molar-refractivity contribution in [1.29, 1.82) is 0 Å². The van der Waals surface area contributed by atoms with E-state index in [0.717, 1.165) is 0 Å². The zero-order chi connectivity index (χ0) is 5.86. The molecular formula is C5H9LiO2. The van der Waals surface area contributed by atoms with Crippen LogP contribution < -0.4 is 18.9 Å². The molecule has 0 bridgehead atoms. The third-order valence-electron chi connectivity index (χ3n) is 0.729. The van der Waals surface area contributed by atoms with E-state index in [9.17, 15) is 4.79 Å². The monoisotopic (exact) mass is 108 g/mol. The minimum atomic E-state index is -0.900. The molecular weight excluding hydrogens is 99.0 g/mol. The second kappa shape index (κ2) is 4.95. The second-order valence-corrected chi connectivity index (χ2v) is 1.26. The Morgan fingerprint density at radius 3 is 2.25 bits per heavy atom. The molecule has 0 aliphatic carbocycles. The Morgan fingerprint density at radius 1 is 1.88 bits per heavy atom. The van der Waals surface area contributed by atoms with Crippen LogP contribution in [0.5, 0.6) is 0 Å². The molecule has 2 nitrogen and oxygen atoms in total. The van der Waals surface area contributed by atoms with Gasteiger partial charge in [-0.05, 0) is 6.42 Å². The van der Waals surface area contributed by atoms with E-state index in [1.165, 1.54) is 0 Å². The third kappa shape index (κ3) is 3.98. The molecule has 0 heterocycles. The molecule has 0 rings (SSSR count). The van der Waals surface area contributed by atoms with Gasteiger partial charge in [0.05, 0.1) is 0 Å². The van der Waals surface area contributed by atoms with Gasteiger partial charge in [-0.15, -0.1) is 0 Å². The topological polar surface area (TPSA) is 37.3 Å². The summed E-state index contributed by atoms with van der Waals surface area (Å²) in [5.41, 5.74) is 0.264. The van der Waals surface area contributed by atoms with Gasteiger partial charge in [-0.3, -0.25) is 0 Å². The predicted molar refractivity (Wildman–Crippen MR) is 28.2 cm³/mol. The maximum Gasteiger partial charge on any atom is 1.00 e. The number of carboxylic acids is 1. The van der Waals surface area contributed by atoms with E-state index in [4.69, 9.17) is 5.11 Å². The predicted octanol–water partition coefficient (Wildman–Crippen LogP) is -1.85. The molecule has 0 aliphatic heterocycles. The molecule has 0 amide bonds. The Bertz CT molecular complexity index is 103. The van der Waals surface area contributed by atoms with E-state index >= 15 is 0 Å². The van der Waals surface area contributed by atoms with Crippen molar-refractivity contribution in [3.8, 4) is 0 Å². The van der Waals surface area contributed by atoms with Crippen LogP contribution in [-0.4, -0.2) is 11.1 Å².